The Bertz CT molecular complexity index is 1570. The number of carboxylic acid groups (broad SMARTS) is 1. The Morgan fingerprint density at radius 3 is 2.31 bits per heavy atom. The van der Waals surface area contributed by atoms with Crippen molar-refractivity contribution < 1.29 is 54.8 Å². The summed E-state index contributed by atoms with van der Waals surface area (Å²) in [6.07, 6.45) is 2.53. The summed E-state index contributed by atoms with van der Waals surface area (Å²) in [6.45, 7) is 11.2. The number of amides is 1. The topological polar surface area (TPSA) is 206 Å². The van der Waals surface area contributed by atoms with Crippen LogP contribution in [0.5, 0.6) is 0 Å². The molecule has 310 valence electrons. The van der Waals surface area contributed by atoms with Gasteiger partial charge in [0.1, 0.15) is 18.3 Å². The van der Waals surface area contributed by atoms with Crippen LogP contribution in [0, 0.1) is 73.9 Å². The van der Waals surface area contributed by atoms with E-state index in [1.807, 2.05) is 6.92 Å². The first-order valence-electron chi connectivity index (χ1n) is 21.3. The van der Waals surface area contributed by atoms with Crippen molar-refractivity contribution >= 4 is 11.9 Å². The van der Waals surface area contributed by atoms with E-state index in [-0.39, 0.29) is 83.4 Å². The lowest BCUT2D eigenvalue weighted by Crippen LogP contribution is -2.73. The van der Waals surface area contributed by atoms with E-state index in [4.69, 9.17) is 9.47 Å². The number of ether oxygens (including phenoxy) is 2. The van der Waals surface area contributed by atoms with E-state index >= 15 is 0 Å². The number of nitrogens with one attached hydrogen (secondary N) is 1. The Kier molecular flexibility index (Phi) is 9.81. The molecule has 0 radical (unpaired) electrons. The number of aliphatic hydroxyl groups is 6. The minimum absolute atomic E-state index is 0.00831. The normalized spacial score (nSPS) is 55.9. The van der Waals surface area contributed by atoms with Crippen molar-refractivity contribution in [2.24, 2.45) is 73.9 Å². The number of carbonyl (C=O) groups excluding carboxylic acids is 1. The monoisotopic (exact) mass is 773 g/mol. The highest BCUT2D eigenvalue weighted by atomic mass is 16.7. The molecule has 2 heterocycles. The van der Waals surface area contributed by atoms with Gasteiger partial charge >= 0.3 is 5.97 Å². The maximum absolute atomic E-state index is 13.7. The molecule has 12 heteroatoms. The number of carboxylic acids is 1. The van der Waals surface area contributed by atoms with Crippen molar-refractivity contribution in [3.8, 4) is 0 Å². The van der Waals surface area contributed by atoms with Crippen molar-refractivity contribution in [3.05, 3.63) is 11.6 Å². The van der Waals surface area contributed by atoms with Gasteiger partial charge < -0.3 is 50.5 Å². The number of hydrogen-bond acceptors (Lipinski definition) is 10. The average molecular weight is 774 g/mol. The molecule has 0 aromatic heterocycles. The third-order valence-corrected chi connectivity index (χ3v) is 18.7. The van der Waals surface area contributed by atoms with Gasteiger partial charge in [0.2, 0.25) is 5.91 Å². The second kappa shape index (κ2) is 13.4. The minimum Gasteiger partial charge on any atom is -0.481 e. The molecule has 5 saturated carbocycles. The van der Waals surface area contributed by atoms with Gasteiger partial charge in [-0.25, -0.2) is 0 Å². The van der Waals surface area contributed by atoms with Gasteiger partial charge in [0, 0.05) is 25.0 Å². The first kappa shape index (κ1) is 40.2. The van der Waals surface area contributed by atoms with Gasteiger partial charge in [-0.2, -0.15) is 0 Å². The summed E-state index contributed by atoms with van der Waals surface area (Å²) in [5.74, 6) is -1.20. The van der Waals surface area contributed by atoms with Gasteiger partial charge in [-0.15, -0.1) is 0 Å². The second-order valence-corrected chi connectivity index (χ2v) is 21.0. The Balaban J connectivity index is 1.25. The van der Waals surface area contributed by atoms with E-state index in [0.717, 1.165) is 38.5 Å². The van der Waals surface area contributed by atoms with Crippen molar-refractivity contribution in [1.82, 2.24) is 5.32 Å². The lowest BCUT2D eigenvalue weighted by molar-refractivity contribution is -0.341. The Labute approximate surface area is 325 Å². The average Bonchev–Trinajstić information content (AvgIpc) is 3.46. The van der Waals surface area contributed by atoms with E-state index in [2.05, 4.69) is 39.1 Å². The summed E-state index contributed by atoms with van der Waals surface area (Å²) in [4.78, 5) is 26.3. The number of fused-ring (bicyclic) bond motifs is 8. The van der Waals surface area contributed by atoms with E-state index in [9.17, 15) is 45.3 Å². The zero-order chi connectivity index (χ0) is 39.7. The minimum atomic E-state index is -1.56. The van der Waals surface area contributed by atoms with E-state index in [1.165, 1.54) is 5.57 Å². The van der Waals surface area contributed by atoms with Gasteiger partial charge in [0.15, 0.2) is 6.29 Å². The highest BCUT2D eigenvalue weighted by Crippen LogP contribution is 2.79. The van der Waals surface area contributed by atoms with Gasteiger partial charge in [-0.3, -0.25) is 9.59 Å². The van der Waals surface area contributed by atoms with E-state index < -0.39 is 59.0 Å². The fourth-order valence-corrected chi connectivity index (χ4v) is 15.8. The third-order valence-electron chi connectivity index (χ3n) is 18.7. The second-order valence-electron chi connectivity index (χ2n) is 21.0. The smallest absolute Gasteiger partial charge is 0.310 e. The molecule has 6 aliphatic carbocycles. The molecule has 8 rings (SSSR count). The summed E-state index contributed by atoms with van der Waals surface area (Å²) < 4.78 is 12.2. The molecule has 2 saturated heterocycles. The Hall–Kier alpha value is -1.64. The molecule has 19 unspecified atom stereocenters. The molecule has 8 aliphatic rings. The van der Waals surface area contributed by atoms with Crippen molar-refractivity contribution in [3.63, 3.8) is 0 Å². The Morgan fingerprint density at radius 2 is 1.65 bits per heavy atom. The molecule has 19 atom stereocenters. The van der Waals surface area contributed by atoms with Crippen LogP contribution < -0.4 is 5.32 Å². The number of allylic oxidation sites excluding steroid dienone is 2. The first-order valence-corrected chi connectivity index (χ1v) is 21.3. The van der Waals surface area contributed by atoms with Crippen LogP contribution in [-0.2, 0) is 19.1 Å². The molecule has 8 N–H and O–H groups in total. The SMILES string of the molecule is CC1(CO)CC2CCCC3CC2(C(=O)O)C(C1)C1=CCC2C4(C)C(CC5CNC(=O)C5)C(O)C(OC5OCC(O)C(O)C5O)C(C)(CO)C4CCC2(C)C13C. The lowest BCUT2D eigenvalue weighted by atomic mass is 9.30. The summed E-state index contributed by atoms with van der Waals surface area (Å²) in [7, 11) is 0. The van der Waals surface area contributed by atoms with Crippen molar-refractivity contribution in [2.75, 3.05) is 26.4 Å². The van der Waals surface area contributed by atoms with Gasteiger partial charge in [0.05, 0.1) is 30.8 Å². The molecule has 0 aromatic carbocycles. The highest BCUT2D eigenvalue weighted by Gasteiger charge is 2.75. The standard InChI is InChI=1S/C43H67NO11/c1-38(20-45)15-24-8-6-7-23-16-43(24,37(52)53)27(17-38)25-9-10-30-40(3,42(23,25)5)12-11-29-39(2,21-46)35(55-36-34(51)33(50)28(47)19-54-36)32(49)26(41(29,30)4)13-22-14-31(48)44-18-22/h9,22-24,26-30,32-36,45-47,49-51H,6-8,10-21H2,1-5H3,(H,44,48)(H,52,53). The zero-order valence-electron chi connectivity index (χ0n) is 33.5. The molecule has 0 aromatic rings. The van der Waals surface area contributed by atoms with Crippen LogP contribution in [0.2, 0.25) is 0 Å². The first-order chi connectivity index (χ1) is 25.9. The number of hydrogen-bond donors (Lipinski definition) is 8. The summed E-state index contributed by atoms with van der Waals surface area (Å²) in [5, 5.41) is 80.9. The number of rotatable bonds is 7. The van der Waals surface area contributed by atoms with Crippen molar-refractivity contribution in [2.45, 2.75) is 142 Å². The number of carbonyl (C=O) groups is 2. The molecule has 0 spiro atoms. The summed E-state index contributed by atoms with van der Waals surface area (Å²) in [5.41, 5.74) is -2.11. The molecule has 2 aliphatic heterocycles. The molecule has 1 amide bonds. The van der Waals surface area contributed by atoms with Gasteiger partial charge in [-0.05, 0) is 121 Å². The van der Waals surface area contributed by atoms with Crippen LogP contribution in [0.1, 0.15) is 105 Å². The van der Waals surface area contributed by atoms with Crippen LogP contribution in [0.4, 0.5) is 0 Å². The molecule has 55 heavy (non-hydrogen) atoms. The fraction of sp³-hybridized carbons (Fsp3) is 0.907. The van der Waals surface area contributed by atoms with E-state index in [0.29, 0.717) is 38.6 Å². The highest BCUT2D eigenvalue weighted by molar-refractivity contribution is 5.78. The molecule has 7 fully saturated rings. The molecular weight excluding hydrogens is 706 g/mol. The zero-order valence-corrected chi connectivity index (χ0v) is 33.5. The predicted octanol–water partition coefficient (Wildman–Crippen LogP) is 3.00. The quantitative estimate of drug-likeness (QED) is 0.140. The third kappa shape index (κ3) is 5.36. The maximum atomic E-state index is 13.7. The van der Waals surface area contributed by atoms with Crippen LogP contribution in [0.25, 0.3) is 0 Å². The number of aliphatic carboxylic acids is 1. The van der Waals surface area contributed by atoms with Gasteiger partial charge in [-0.1, -0.05) is 52.7 Å². The van der Waals surface area contributed by atoms with Crippen LogP contribution >= 0.6 is 0 Å². The maximum Gasteiger partial charge on any atom is 0.310 e. The van der Waals surface area contributed by atoms with Gasteiger partial charge in [0.25, 0.3) is 0 Å². The molecule has 12 nitrogen and oxygen atoms in total. The summed E-state index contributed by atoms with van der Waals surface area (Å²) >= 11 is 0. The van der Waals surface area contributed by atoms with Crippen molar-refractivity contribution in [1.29, 1.82) is 0 Å². The Morgan fingerprint density at radius 1 is 0.927 bits per heavy atom. The molecule has 2 bridgehead atoms. The predicted molar refractivity (Wildman–Crippen MR) is 200 cm³/mol. The fourth-order valence-electron chi connectivity index (χ4n) is 15.8. The van der Waals surface area contributed by atoms with Crippen LogP contribution in [0.15, 0.2) is 11.6 Å². The van der Waals surface area contributed by atoms with E-state index in [1.54, 1.807) is 0 Å². The molecular formula is C43H67NO11. The number of aliphatic hydroxyl groups excluding tert-OH is 6. The largest absolute Gasteiger partial charge is 0.481 e. The van der Waals surface area contributed by atoms with Crippen LogP contribution in [0.3, 0.4) is 0 Å². The summed E-state index contributed by atoms with van der Waals surface area (Å²) in [6, 6.07) is 0. The lowest BCUT2D eigenvalue weighted by Gasteiger charge is -2.74. The van der Waals surface area contributed by atoms with Crippen LogP contribution in [-0.4, -0.2) is 111 Å².